The highest BCUT2D eigenvalue weighted by Crippen LogP contribution is 2.43. The smallest absolute Gasteiger partial charge is 0.423 e. The lowest BCUT2D eigenvalue weighted by Crippen LogP contribution is -2.52. The van der Waals surface area contributed by atoms with Gasteiger partial charge in [-0.3, -0.25) is 0 Å². The Morgan fingerprint density at radius 3 is 1.74 bits per heavy atom. The van der Waals surface area contributed by atoms with Crippen LogP contribution in [0.4, 0.5) is 0 Å². The third-order valence-corrected chi connectivity index (χ3v) is 12.0. The van der Waals surface area contributed by atoms with Crippen LogP contribution in [0.15, 0.2) is 16.9 Å². The van der Waals surface area contributed by atoms with Gasteiger partial charge in [0, 0.05) is 5.46 Å². The summed E-state index contributed by atoms with van der Waals surface area (Å²) in [6.45, 7) is 13.7. The summed E-state index contributed by atoms with van der Waals surface area (Å²) in [5.74, 6) is 0. The van der Waals surface area contributed by atoms with Crippen molar-refractivity contribution in [2.75, 3.05) is 0 Å². The Morgan fingerprint density at radius 1 is 1.05 bits per heavy atom. The number of hydrogen-bond donors (Lipinski definition) is 2. The summed E-state index contributed by atoms with van der Waals surface area (Å²) in [7, 11) is -3.23. The van der Waals surface area contributed by atoms with Crippen molar-refractivity contribution in [1.82, 2.24) is 4.23 Å². The summed E-state index contributed by atoms with van der Waals surface area (Å²) >= 11 is 3.60. The molecule has 0 fully saturated rings. The van der Waals surface area contributed by atoms with E-state index in [2.05, 4.69) is 61.7 Å². The highest BCUT2D eigenvalue weighted by Gasteiger charge is 2.46. The maximum atomic E-state index is 9.38. The molecule has 1 rings (SSSR count). The SMILES string of the molecule is CC(C)[Si](C(C)C)(C(C)C)n1cc(B(O)O)cc1Br. The van der Waals surface area contributed by atoms with Crippen LogP contribution in [0, 0.1) is 0 Å². The minimum Gasteiger partial charge on any atom is -0.423 e. The second kappa shape index (κ2) is 6.16. The van der Waals surface area contributed by atoms with Gasteiger partial charge in [-0.15, -0.1) is 0 Å². The number of nitrogens with zero attached hydrogens (tertiary/aromatic N) is 1. The van der Waals surface area contributed by atoms with Gasteiger partial charge >= 0.3 is 7.12 Å². The van der Waals surface area contributed by atoms with Crippen LogP contribution < -0.4 is 5.46 Å². The maximum Gasteiger partial charge on any atom is 0.489 e. The van der Waals surface area contributed by atoms with Crippen molar-refractivity contribution in [3.05, 3.63) is 16.9 Å². The van der Waals surface area contributed by atoms with Crippen LogP contribution in [0.5, 0.6) is 0 Å². The molecular formula is C13H25BBrNO2Si. The molecule has 0 aromatic carbocycles. The number of halogens is 1. The molecule has 0 spiro atoms. The summed E-state index contributed by atoms with van der Waals surface area (Å²) < 4.78 is 3.26. The lowest BCUT2D eigenvalue weighted by Gasteiger charge is -2.44. The van der Waals surface area contributed by atoms with Crippen LogP contribution in [-0.4, -0.2) is 29.6 Å². The normalized spacial score (nSPS) is 12.8. The molecule has 19 heavy (non-hydrogen) atoms. The second-order valence-electron chi connectivity index (χ2n) is 6.19. The molecule has 0 atom stereocenters. The number of rotatable bonds is 5. The van der Waals surface area contributed by atoms with Crippen molar-refractivity contribution in [2.45, 2.75) is 58.2 Å². The maximum absolute atomic E-state index is 9.38. The Hall–Kier alpha value is -0.0382. The lowest BCUT2D eigenvalue weighted by molar-refractivity contribution is 0.426. The third-order valence-electron chi connectivity index (χ3n) is 4.28. The fourth-order valence-corrected chi connectivity index (χ4v) is 11.5. The van der Waals surface area contributed by atoms with Crippen LogP contribution in [0.2, 0.25) is 16.6 Å². The molecule has 0 amide bonds. The second-order valence-corrected chi connectivity index (χ2v) is 12.7. The predicted molar refractivity (Wildman–Crippen MR) is 88.4 cm³/mol. The summed E-state index contributed by atoms with van der Waals surface area (Å²) in [5, 5.41) is 18.8. The third kappa shape index (κ3) is 2.87. The molecule has 2 N–H and O–H groups in total. The number of aromatic nitrogens is 1. The average Bonchev–Trinajstić information content (AvgIpc) is 2.60. The molecule has 1 aromatic rings. The summed E-state index contributed by atoms with van der Waals surface area (Å²) in [6, 6.07) is 1.82. The predicted octanol–water partition coefficient (Wildman–Crippen LogP) is 2.95. The van der Waals surface area contributed by atoms with Crippen molar-refractivity contribution in [3.63, 3.8) is 0 Å². The molecule has 1 heterocycles. The van der Waals surface area contributed by atoms with E-state index in [1.807, 2.05) is 12.3 Å². The molecule has 0 aliphatic rings. The first-order valence-electron chi connectivity index (χ1n) is 6.90. The van der Waals surface area contributed by atoms with E-state index in [0.717, 1.165) is 4.60 Å². The Morgan fingerprint density at radius 2 is 1.47 bits per heavy atom. The van der Waals surface area contributed by atoms with E-state index >= 15 is 0 Å². The van der Waals surface area contributed by atoms with E-state index in [1.165, 1.54) is 0 Å². The van der Waals surface area contributed by atoms with E-state index in [0.29, 0.717) is 22.1 Å². The van der Waals surface area contributed by atoms with Crippen LogP contribution in [0.1, 0.15) is 41.5 Å². The molecule has 0 radical (unpaired) electrons. The van der Waals surface area contributed by atoms with Crippen molar-refractivity contribution < 1.29 is 10.0 Å². The van der Waals surface area contributed by atoms with Gasteiger partial charge in [0.25, 0.3) is 0 Å². The lowest BCUT2D eigenvalue weighted by atomic mass is 9.83. The van der Waals surface area contributed by atoms with E-state index in [-0.39, 0.29) is 0 Å². The van der Waals surface area contributed by atoms with Gasteiger partial charge in [-0.1, -0.05) is 41.5 Å². The summed E-state index contributed by atoms with van der Waals surface area (Å²) in [4.78, 5) is 0. The van der Waals surface area contributed by atoms with Gasteiger partial charge in [-0.2, -0.15) is 0 Å². The summed E-state index contributed by atoms with van der Waals surface area (Å²) in [5.41, 5.74) is 2.27. The van der Waals surface area contributed by atoms with Crippen LogP contribution in [-0.2, 0) is 0 Å². The molecule has 108 valence electrons. The molecule has 3 nitrogen and oxygen atoms in total. The first-order valence-corrected chi connectivity index (χ1v) is 9.87. The van der Waals surface area contributed by atoms with Gasteiger partial charge in [-0.05, 0) is 44.8 Å². The van der Waals surface area contributed by atoms with Crippen LogP contribution >= 0.6 is 15.9 Å². The van der Waals surface area contributed by atoms with Gasteiger partial charge in [-0.25, -0.2) is 0 Å². The highest BCUT2D eigenvalue weighted by atomic mass is 79.9. The average molecular weight is 346 g/mol. The first-order chi connectivity index (χ1) is 8.65. The quantitative estimate of drug-likeness (QED) is 0.806. The van der Waals surface area contributed by atoms with Gasteiger partial charge < -0.3 is 14.3 Å². The fraction of sp³-hybridized carbons (Fsp3) is 0.692. The molecular weight excluding hydrogens is 321 g/mol. The zero-order valence-corrected chi connectivity index (χ0v) is 15.3. The van der Waals surface area contributed by atoms with Gasteiger partial charge in [0.05, 0.1) is 4.60 Å². The minimum absolute atomic E-state index is 0.561. The molecule has 0 unspecified atom stereocenters. The van der Waals surface area contributed by atoms with Gasteiger partial charge in [0.2, 0.25) is 0 Å². The van der Waals surface area contributed by atoms with Gasteiger partial charge in [0.15, 0.2) is 8.24 Å². The van der Waals surface area contributed by atoms with E-state index in [4.69, 9.17) is 0 Å². The Balaban J connectivity index is 3.49. The molecule has 0 saturated heterocycles. The van der Waals surface area contributed by atoms with Crippen molar-refractivity contribution >= 4 is 36.7 Å². The fourth-order valence-electron chi connectivity index (χ4n) is 3.73. The largest absolute Gasteiger partial charge is 0.489 e. The van der Waals surface area contributed by atoms with Crippen LogP contribution in [0.25, 0.3) is 0 Å². The first kappa shape index (κ1) is 17.0. The topological polar surface area (TPSA) is 45.4 Å². The highest BCUT2D eigenvalue weighted by molar-refractivity contribution is 9.10. The molecule has 0 saturated carbocycles. The van der Waals surface area contributed by atoms with Crippen molar-refractivity contribution in [3.8, 4) is 0 Å². The van der Waals surface area contributed by atoms with Crippen molar-refractivity contribution in [1.29, 1.82) is 0 Å². The van der Waals surface area contributed by atoms with E-state index < -0.39 is 15.4 Å². The molecule has 0 bridgehead atoms. The molecule has 1 aromatic heterocycles. The number of hydrogen-bond acceptors (Lipinski definition) is 2. The molecule has 6 heteroatoms. The van der Waals surface area contributed by atoms with Gasteiger partial charge in [0.1, 0.15) is 0 Å². The molecule has 0 aliphatic heterocycles. The van der Waals surface area contributed by atoms with E-state index in [1.54, 1.807) is 0 Å². The zero-order chi connectivity index (χ0) is 15.0. The Bertz CT molecular complexity index is 411. The van der Waals surface area contributed by atoms with Crippen LogP contribution in [0.3, 0.4) is 0 Å². The molecule has 0 aliphatic carbocycles. The standard InChI is InChI=1S/C13H25BBrNO2Si/c1-9(2)19(10(3)4,11(5)6)16-8-12(14(17)18)7-13(16)15/h7-11,17-18H,1-6H3. The Labute approximate surface area is 126 Å². The Kier molecular flexibility index (Phi) is 5.52. The minimum atomic E-state index is -1.83. The van der Waals surface area contributed by atoms with E-state index in [9.17, 15) is 10.0 Å². The zero-order valence-electron chi connectivity index (χ0n) is 12.7. The van der Waals surface area contributed by atoms with Crippen molar-refractivity contribution in [2.24, 2.45) is 0 Å². The monoisotopic (exact) mass is 345 g/mol. The summed E-state index contributed by atoms with van der Waals surface area (Å²) in [6.07, 6.45) is 1.92.